The molecule has 0 aromatic heterocycles. The summed E-state index contributed by atoms with van der Waals surface area (Å²) in [5.74, 6) is -0.371. The molecular formula is C12H16FNO. The van der Waals surface area contributed by atoms with Crippen molar-refractivity contribution < 1.29 is 9.18 Å². The summed E-state index contributed by atoms with van der Waals surface area (Å²) in [5, 5.41) is 0. The Kier molecular flexibility index (Phi) is 4.28. The number of halogens is 1. The van der Waals surface area contributed by atoms with Crippen molar-refractivity contribution in [2.24, 2.45) is 0 Å². The van der Waals surface area contributed by atoms with E-state index in [2.05, 4.69) is 6.92 Å². The van der Waals surface area contributed by atoms with E-state index >= 15 is 0 Å². The Morgan fingerprint density at radius 2 is 2.20 bits per heavy atom. The molecule has 0 heterocycles. The maximum atomic E-state index is 12.9. The van der Waals surface area contributed by atoms with Gasteiger partial charge in [0.15, 0.2) is 6.29 Å². The third-order valence-electron chi connectivity index (χ3n) is 2.37. The van der Waals surface area contributed by atoms with Gasteiger partial charge in [-0.25, -0.2) is 4.39 Å². The Labute approximate surface area is 89.7 Å². The summed E-state index contributed by atoms with van der Waals surface area (Å²) >= 11 is 0. The van der Waals surface area contributed by atoms with Gasteiger partial charge in [-0.2, -0.15) is 0 Å². The monoisotopic (exact) mass is 209 g/mol. The Bertz CT molecular complexity index is 338. The van der Waals surface area contributed by atoms with Crippen molar-refractivity contribution in [3.05, 3.63) is 29.6 Å². The largest absolute Gasteiger partial charge is 0.374 e. The highest BCUT2D eigenvalue weighted by molar-refractivity contribution is 5.84. The molecule has 82 valence electrons. The van der Waals surface area contributed by atoms with Gasteiger partial charge in [-0.15, -0.1) is 0 Å². The van der Waals surface area contributed by atoms with E-state index < -0.39 is 0 Å². The van der Waals surface area contributed by atoms with Crippen molar-refractivity contribution in [2.45, 2.75) is 19.8 Å². The van der Waals surface area contributed by atoms with Gasteiger partial charge < -0.3 is 4.90 Å². The number of rotatable bonds is 5. The number of benzene rings is 1. The lowest BCUT2D eigenvalue weighted by atomic mass is 10.1. The van der Waals surface area contributed by atoms with Crippen molar-refractivity contribution in [3.63, 3.8) is 0 Å². The van der Waals surface area contributed by atoms with Gasteiger partial charge in [-0.3, -0.25) is 4.79 Å². The minimum Gasteiger partial charge on any atom is -0.374 e. The number of carbonyl (C=O) groups is 1. The van der Waals surface area contributed by atoms with Crippen molar-refractivity contribution in [2.75, 3.05) is 18.5 Å². The van der Waals surface area contributed by atoms with E-state index in [0.29, 0.717) is 11.8 Å². The van der Waals surface area contributed by atoms with Crippen LogP contribution in [0.15, 0.2) is 18.2 Å². The van der Waals surface area contributed by atoms with Crippen molar-refractivity contribution in [1.29, 1.82) is 0 Å². The first-order valence-electron chi connectivity index (χ1n) is 5.15. The molecule has 0 aliphatic rings. The van der Waals surface area contributed by atoms with Crippen molar-refractivity contribution in [3.8, 4) is 0 Å². The van der Waals surface area contributed by atoms with E-state index in [1.165, 1.54) is 12.1 Å². The third kappa shape index (κ3) is 3.05. The van der Waals surface area contributed by atoms with E-state index in [9.17, 15) is 9.18 Å². The first-order chi connectivity index (χ1) is 7.19. The molecule has 1 aromatic carbocycles. The van der Waals surface area contributed by atoms with Crippen LogP contribution in [0.25, 0.3) is 0 Å². The SMILES string of the molecule is CCCCN(C)c1ccc(F)cc1C=O. The van der Waals surface area contributed by atoms with E-state index in [4.69, 9.17) is 0 Å². The van der Waals surface area contributed by atoms with Crippen LogP contribution in [0.1, 0.15) is 30.1 Å². The number of anilines is 1. The maximum Gasteiger partial charge on any atom is 0.152 e. The quantitative estimate of drug-likeness (QED) is 0.695. The summed E-state index contributed by atoms with van der Waals surface area (Å²) in [7, 11) is 1.91. The lowest BCUT2D eigenvalue weighted by Crippen LogP contribution is -2.19. The topological polar surface area (TPSA) is 20.3 Å². The first-order valence-corrected chi connectivity index (χ1v) is 5.15. The number of unbranched alkanes of at least 4 members (excludes halogenated alkanes) is 1. The normalized spacial score (nSPS) is 10.1. The van der Waals surface area contributed by atoms with Crippen LogP contribution < -0.4 is 4.90 Å². The number of carbonyl (C=O) groups excluding carboxylic acids is 1. The molecule has 0 saturated carbocycles. The maximum absolute atomic E-state index is 12.9. The molecule has 0 amide bonds. The predicted molar refractivity (Wildman–Crippen MR) is 60.0 cm³/mol. The lowest BCUT2D eigenvalue weighted by molar-refractivity contribution is 0.112. The highest BCUT2D eigenvalue weighted by Crippen LogP contribution is 2.19. The molecule has 1 aromatic rings. The minimum absolute atomic E-state index is 0.371. The van der Waals surface area contributed by atoms with Crippen molar-refractivity contribution >= 4 is 12.0 Å². The lowest BCUT2D eigenvalue weighted by Gasteiger charge is -2.20. The van der Waals surface area contributed by atoms with Crippen LogP contribution in [0.5, 0.6) is 0 Å². The molecule has 0 saturated heterocycles. The standard InChI is InChI=1S/C12H16FNO/c1-3-4-7-14(2)12-6-5-11(13)8-10(12)9-15/h5-6,8-9H,3-4,7H2,1-2H3. The molecular weight excluding hydrogens is 193 g/mol. The fraction of sp³-hybridized carbons (Fsp3) is 0.417. The molecule has 2 nitrogen and oxygen atoms in total. The summed E-state index contributed by atoms with van der Waals surface area (Å²) in [4.78, 5) is 12.7. The number of hydrogen-bond acceptors (Lipinski definition) is 2. The Balaban J connectivity index is 2.87. The molecule has 0 unspecified atom stereocenters. The van der Waals surface area contributed by atoms with Gasteiger partial charge in [-0.1, -0.05) is 13.3 Å². The molecule has 0 aliphatic carbocycles. The van der Waals surface area contributed by atoms with Gasteiger partial charge in [-0.05, 0) is 24.6 Å². The molecule has 15 heavy (non-hydrogen) atoms. The zero-order valence-electron chi connectivity index (χ0n) is 9.16. The average molecular weight is 209 g/mol. The molecule has 1 rings (SSSR count). The van der Waals surface area contributed by atoms with Gasteiger partial charge in [0, 0.05) is 24.8 Å². The molecule has 0 spiro atoms. The first kappa shape index (κ1) is 11.7. The highest BCUT2D eigenvalue weighted by atomic mass is 19.1. The summed E-state index contributed by atoms with van der Waals surface area (Å²) in [5.41, 5.74) is 1.20. The molecule has 0 N–H and O–H groups in total. The molecule has 0 aliphatic heterocycles. The van der Waals surface area contributed by atoms with Gasteiger partial charge >= 0.3 is 0 Å². The predicted octanol–water partition coefficient (Wildman–Crippen LogP) is 2.87. The zero-order chi connectivity index (χ0) is 11.3. The van der Waals surface area contributed by atoms with Crippen LogP contribution in [0.2, 0.25) is 0 Å². The number of hydrogen-bond donors (Lipinski definition) is 0. The van der Waals surface area contributed by atoms with Crippen LogP contribution in [-0.4, -0.2) is 19.9 Å². The van der Waals surface area contributed by atoms with Gasteiger partial charge in [0.25, 0.3) is 0 Å². The highest BCUT2D eigenvalue weighted by Gasteiger charge is 2.07. The second kappa shape index (κ2) is 5.49. The van der Waals surface area contributed by atoms with E-state index in [-0.39, 0.29) is 5.82 Å². The van der Waals surface area contributed by atoms with E-state index in [1.54, 1.807) is 6.07 Å². The van der Waals surface area contributed by atoms with Crippen LogP contribution in [0.3, 0.4) is 0 Å². The summed E-state index contributed by atoms with van der Waals surface area (Å²) in [6, 6.07) is 4.30. The van der Waals surface area contributed by atoms with E-state index in [1.807, 2.05) is 11.9 Å². The minimum atomic E-state index is -0.371. The van der Waals surface area contributed by atoms with Crippen LogP contribution >= 0.6 is 0 Å². The molecule has 3 heteroatoms. The van der Waals surface area contributed by atoms with Gasteiger partial charge in [0.05, 0.1) is 0 Å². The fourth-order valence-electron chi connectivity index (χ4n) is 1.48. The number of aldehydes is 1. The van der Waals surface area contributed by atoms with Gasteiger partial charge in [0.1, 0.15) is 5.82 Å². The average Bonchev–Trinajstić information content (AvgIpc) is 2.25. The third-order valence-corrected chi connectivity index (χ3v) is 2.37. The summed E-state index contributed by atoms with van der Waals surface area (Å²) in [6.45, 7) is 2.99. The van der Waals surface area contributed by atoms with Gasteiger partial charge in [0.2, 0.25) is 0 Å². The zero-order valence-corrected chi connectivity index (χ0v) is 9.16. The molecule has 0 fully saturated rings. The Hall–Kier alpha value is -1.38. The van der Waals surface area contributed by atoms with Crippen LogP contribution in [0, 0.1) is 5.82 Å². The molecule has 0 radical (unpaired) electrons. The summed E-state index contributed by atoms with van der Waals surface area (Å²) in [6.07, 6.45) is 2.86. The van der Waals surface area contributed by atoms with Crippen molar-refractivity contribution in [1.82, 2.24) is 0 Å². The second-order valence-corrected chi connectivity index (χ2v) is 3.60. The smallest absolute Gasteiger partial charge is 0.152 e. The second-order valence-electron chi connectivity index (χ2n) is 3.60. The Morgan fingerprint density at radius 1 is 1.47 bits per heavy atom. The number of nitrogens with zero attached hydrogens (tertiary/aromatic N) is 1. The summed E-state index contributed by atoms with van der Waals surface area (Å²) < 4.78 is 12.9. The van der Waals surface area contributed by atoms with Crippen LogP contribution in [-0.2, 0) is 0 Å². The fourth-order valence-corrected chi connectivity index (χ4v) is 1.48. The van der Waals surface area contributed by atoms with Crippen LogP contribution in [0.4, 0.5) is 10.1 Å². The molecule has 0 atom stereocenters. The molecule has 0 bridgehead atoms. The Morgan fingerprint density at radius 3 is 2.80 bits per heavy atom. The van der Waals surface area contributed by atoms with E-state index in [0.717, 1.165) is 25.1 Å².